The van der Waals surface area contributed by atoms with Crippen molar-refractivity contribution in [1.29, 1.82) is 0 Å². The molecular weight excluding hydrogens is 293 g/mol. The van der Waals surface area contributed by atoms with Crippen LogP contribution >= 0.6 is 0 Å². The number of hydrogen-bond donors (Lipinski definition) is 0. The second-order valence-electron chi connectivity index (χ2n) is 6.35. The van der Waals surface area contributed by atoms with Crippen LogP contribution in [0.2, 0.25) is 0 Å². The maximum absolute atomic E-state index is 12.8. The molecule has 1 aliphatic heterocycles. The van der Waals surface area contributed by atoms with Crippen molar-refractivity contribution in [3.05, 3.63) is 53.6 Å². The molecule has 1 aromatic heterocycles. The minimum atomic E-state index is -0.290. The van der Waals surface area contributed by atoms with Crippen LogP contribution in [-0.4, -0.2) is 22.4 Å². The predicted molar refractivity (Wildman–Crippen MR) is 85.2 cm³/mol. The van der Waals surface area contributed by atoms with Crippen molar-refractivity contribution < 1.29 is 9.18 Å². The summed E-state index contributed by atoms with van der Waals surface area (Å²) >= 11 is 0. The lowest BCUT2D eigenvalue weighted by atomic mass is 9.93. The Hall–Kier alpha value is -2.74. The Morgan fingerprint density at radius 1 is 1.09 bits per heavy atom. The van der Waals surface area contributed by atoms with Gasteiger partial charge in [0, 0.05) is 30.9 Å². The van der Waals surface area contributed by atoms with Crippen LogP contribution in [0.5, 0.6) is 0 Å². The van der Waals surface area contributed by atoms with Gasteiger partial charge in [0.05, 0.1) is 5.56 Å². The van der Waals surface area contributed by atoms with E-state index in [1.54, 1.807) is 29.4 Å². The standard InChI is InChI=1S/C18H16FN3O/c1-18(2)9-16(23)22(12-18)17-20-10-14(11-21-17)4-3-13-5-7-15(19)8-6-13/h5-8,10-11H,9,12H2,1-2H3. The Morgan fingerprint density at radius 3 is 2.26 bits per heavy atom. The molecule has 23 heavy (non-hydrogen) atoms. The van der Waals surface area contributed by atoms with E-state index in [1.165, 1.54) is 12.1 Å². The van der Waals surface area contributed by atoms with Crippen molar-refractivity contribution in [2.45, 2.75) is 20.3 Å². The van der Waals surface area contributed by atoms with Crippen molar-refractivity contribution >= 4 is 11.9 Å². The molecule has 4 nitrogen and oxygen atoms in total. The molecule has 0 N–H and O–H groups in total. The summed E-state index contributed by atoms with van der Waals surface area (Å²) in [5, 5.41) is 0. The molecule has 5 heteroatoms. The molecule has 3 rings (SSSR count). The van der Waals surface area contributed by atoms with Gasteiger partial charge >= 0.3 is 0 Å². The fraction of sp³-hybridized carbons (Fsp3) is 0.278. The van der Waals surface area contributed by atoms with E-state index >= 15 is 0 Å². The molecule has 1 fully saturated rings. The minimum absolute atomic E-state index is 0.0418. The number of carbonyl (C=O) groups excluding carboxylic acids is 1. The summed E-state index contributed by atoms with van der Waals surface area (Å²) < 4.78 is 12.8. The van der Waals surface area contributed by atoms with Crippen molar-refractivity contribution in [2.24, 2.45) is 5.41 Å². The molecule has 1 aromatic carbocycles. The highest BCUT2D eigenvalue weighted by molar-refractivity contribution is 5.94. The number of halogens is 1. The summed E-state index contributed by atoms with van der Waals surface area (Å²) in [4.78, 5) is 22.1. The van der Waals surface area contributed by atoms with Gasteiger partial charge in [-0.15, -0.1) is 0 Å². The summed E-state index contributed by atoms with van der Waals surface area (Å²) in [6.45, 7) is 4.72. The van der Waals surface area contributed by atoms with Gasteiger partial charge in [0.25, 0.3) is 0 Å². The second-order valence-corrected chi connectivity index (χ2v) is 6.35. The topological polar surface area (TPSA) is 46.1 Å². The van der Waals surface area contributed by atoms with Crippen LogP contribution in [0.25, 0.3) is 0 Å². The van der Waals surface area contributed by atoms with E-state index in [4.69, 9.17) is 0 Å². The molecule has 0 saturated carbocycles. The second kappa shape index (κ2) is 5.81. The van der Waals surface area contributed by atoms with Crippen LogP contribution in [0.1, 0.15) is 31.4 Å². The van der Waals surface area contributed by atoms with Crippen LogP contribution in [0.15, 0.2) is 36.7 Å². The van der Waals surface area contributed by atoms with E-state index in [0.29, 0.717) is 30.0 Å². The first kappa shape index (κ1) is 15.2. The molecule has 0 bridgehead atoms. The third kappa shape index (κ3) is 3.54. The van der Waals surface area contributed by atoms with Crippen molar-refractivity contribution in [2.75, 3.05) is 11.4 Å². The monoisotopic (exact) mass is 309 g/mol. The highest BCUT2D eigenvalue weighted by Crippen LogP contribution is 2.31. The highest BCUT2D eigenvalue weighted by atomic mass is 19.1. The Kier molecular flexibility index (Phi) is 3.83. The van der Waals surface area contributed by atoms with E-state index in [0.717, 1.165) is 0 Å². The van der Waals surface area contributed by atoms with E-state index in [2.05, 4.69) is 21.8 Å². The number of carbonyl (C=O) groups is 1. The van der Waals surface area contributed by atoms with Gasteiger partial charge in [-0.2, -0.15) is 0 Å². The Labute approximate surface area is 134 Å². The maximum atomic E-state index is 12.8. The molecule has 1 saturated heterocycles. The lowest BCUT2D eigenvalue weighted by molar-refractivity contribution is -0.117. The normalized spacial score (nSPS) is 16.1. The van der Waals surface area contributed by atoms with Crippen LogP contribution in [0, 0.1) is 23.1 Å². The lowest BCUT2D eigenvalue weighted by Gasteiger charge is -2.17. The van der Waals surface area contributed by atoms with Gasteiger partial charge in [-0.3, -0.25) is 9.69 Å². The Morgan fingerprint density at radius 2 is 1.70 bits per heavy atom. The van der Waals surface area contributed by atoms with Crippen LogP contribution in [0.3, 0.4) is 0 Å². The largest absolute Gasteiger partial charge is 0.280 e. The fourth-order valence-corrected chi connectivity index (χ4v) is 2.46. The quantitative estimate of drug-likeness (QED) is 0.761. The van der Waals surface area contributed by atoms with Gasteiger partial charge in [0.15, 0.2) is 0 Å². The first-order valence-corrected chi connectivity index (χ1v) is 7.33. The molecule has 1 amide bonds. The predicted octanol–water partition coefficient (Wildman–Crippen LogP) is 2.78. The van der Waals surface area contributed by atoms with Gasteiger partial charge in [-0.05, 0) is 29.7 Å². The molecule has 2 heterocycles. The molecule has 1 aliphatic rings. The number of benzene rings is 1. The van der Waals surface area contributed by atoms with Gasteiger partial charge in [-0.25, -0.2) is 14.4 Å². The third-order valence-corrected chi connectivity index (χ3v) is 3.59. The smallest absolute Gasteiger partial charge is 0.232 e. The molecule has 0 spiro atoms. The molecule has 0 atom stereocenters. The van der Waals surface area contributed by atoms with Gasteiger partial charge in [0.1, 0.15) is 5.82 Å². The summed E-state index contributed by atoms with van der Waals surface area (Å²) in [7, 11) is 0. The first-order chi connectivity index (χ1) is 10.9. The third-order valence-electron chi connectivity index (χ3n) is 3.59. The molecule has 0 aliphatic carbocycles. The van der Waals surface area contributed by atoms with Crippen molar-refractivity contribution in [3.8, 4) is 11.8 Å². The van der Waals surface area contributed by atoms with E-state index in [9.17, 15) is 9.18 Å². The molecular formula is C18H16FN3O. The Balaban J connectivity index is 1.76. The number of rotatable bonds is 1. The maximum Gasteiger partial charge on any atom is 0.232 e. The van der Waals surface area contributed by atoms with Crippen LogP contribution < -0.4 is 4.90 Å². The number of anilines is 1. The summed E-state index contributed by atoms with van der Waals surface area (Å²) in [5.41, 5.74) is 1.30. The van der Waals surface area contributed by atoms with Gasteiger partial charge < -0.3 is 0 Å². The van der Waals surface area contributed by atoms with Crippen LogP contribution in [-0.2, 0) is 4.79 Å². The Bertz CT molecular complexity index is 786. The SMILES string of the molecule is CC1(C)CC(=O)N(c2ncc(C#Cc3ccc(F)cc3)cn2)C1. The zero-order valence-corrected chi connectivity index (χ0v) is 13.0. The summed E-state index contributed by atoms with van der Waals surface area (Å²) in [6, 6.07) is 5.96. The van der Waals surface area contributed by atoms with Gasteiger partial charge in [0.2, 0.25) is 11.9 Å². The highest BCUT2D eigenvalue weighted by Gasteiger charge is 2.37. The average Bonchev–Trinajstić information content (AvgIpc) is 2.80. The zero-order valence-electron chi connectivity index (χ0n) is 13.0. The minimum Gasteiger partial charge on any atom is -0.280 e. The molecule has 0 radical (unpaired) electrons. The molecule has 116 valence electrons. The average molecular weight is 309 g/mol. The van der Waals surface area contributed by atoms with E-state index < -0.39 is 0 Å². The van der Waals surface area contributed by atoms with E-state index in [-0.39, 0.29) is 17.1 Å². The number of aromatic nitrogens is 2. The number of amides is 1. The zero-order chi connectivity index (χ0) is 16.4. The van der Waals surface area contributed by atoms with E-state index in [1.807, 2.05) is 13.8 Å². The molecule has 2 aromatic rings. The summed E-state index contributed by atoms with van der Waals surface area (Å²) in [5.74, 6) is 6.01. The molecule has 0 unspecified atom stereocenters. The fourth-order valence-electron chi connectivity index (χ4n) is 2.46. The number of nitrogens with zero attached hydrogens (tertiary/aromatic N) is 3. The lowest BCUT2D eigenvalue weighted by Crippen LogP contribution is -2.27. The van der Waals surface area contributed by atoms with Gasteiger partial charge in [-0.1, -0.05) is 25.7 Å². The number of hydrogen-bond acceptors (Lipinski definition) is 3. The van der Waals surface area contributed by atoms with Crippen molar-refractivity contribution in [1.82, 2.24) is 9.97 Å². The first-order valence-electron chi connectivity index (χ1n) is 7.33. The van der Waals surface area contributed by atoms with Crippen LogP contribution in [0.4, 0.5) is 10.3 Å². The summed E-state index contributed by atoms with van der Waals surface area (Å²) in [6.07, 6.45) is 3.69. The van der Waals surface area contributed by atoms with Crippen molar-refractivity contribution in [3.63, 3.8) is 0 Å².